The fourth-order valence-electron chi connectivity index (χ4n) is 1.40. The third kappa shape index (κ3) is 2.35. The maximum atomic E-state index is 9.14. The average Bonchev–Trinajstić information content (AvgIpc) is 2.30. The van der Waals surface area contributed by atoms with E-state index in [0.717, 1.165) is 5.56 Å². The Morgan fingerprint density at radius 3 is 2.56 bits per heavy atom. The van der Waals surface area contributed by atoms with Crippen LogP contribution in [0.2, 0.25) is 5.02 Å². The first-order valence-corrected chi connectivity index (χ1v) is 5.36. The number of rotatable bonds is 2. The number of halogens is 2. The van der Waals surface area contributed by atoms with E-state index in [9.17, 15) is 0 Å². The Labute approximate surface area is 103 Å². The summed E-state index contributed by atoms with van der Waals surface area (Å²) in [5.74, 6) is 0. The Bertz CT molecular complexity index is 430. The van der Waals surface area contributed by atoms with Gasteiger partial charge < -0.3 is 5.11 Å². The van der Waals surface area contributed by atoms with Crippen LogP contribution in [0.5, 0.6) is 0 Å². The Balaban J connectivity index is 2.31. The van der Waals surface area contributed by atoms with E-state index in [1.165, 1.54) is 11.2 Å². The van der Waals surface area contributed by atoms with Crippen molar-refractivity contribution in [2.45, 2.75) is 6.17 Å². The van der Waals surface area contributed by atoms with Crippen molar-refractivity contribution in [3.63, 3.8) is 0 Å². The average molecular weight is 258 g/mol. The van der Waals surface area contributed by atoms with E-state index in [4.69, 9.17) is 28.3 Å². The third-order valence-electron chi connectivity index (χ3n) is 2.15. The van der Waals surface area contributed by atoms with Gasteiger partial charge in [0.05, 0.1) is 6.21 Å². The predicted octanol–water partition coefficient (Wildman–Crippen LogP) is 2.23. The standard InChI is InChI=1S/C10H9Cl2N3O/c11-8-3-1-7(2-4-8)10-14-9(12)5-13-15(10)6-16/h1-5,10,16H,6H2/t10-/m1/s1. The molecule has 0 unspecified atom stereocenters. The minimum Gasteiger partial charge on any atom is -0.375 e. The summed E-state index contributed by atoms with van der Waals surface area (Å²) in [5.41, 5.74) is 0.869. The van der Waals surface area contributed by atoms with Crippen molar-refractivity contribution in [2.75, 3.05) is 6.73 Å². The van der Waals surface area contributed by atoms with E-state index in [0.29, 0.717) is 10.2 Å². The van der Waals surface area contributed by atoms with Crippen LogP contribution in [-0.2, 0) is 0 Å². The lowest BCUT2D eigenvalue weighted by Crippen LogP contribution is -2.27. The van der Waals surface area contributed by atoms with E-state index < -0.39 is 6.17 Å². The lowest BCUT2D eigenvalue weighted by molar-refractivity contribution is 0.0728. The van der Waals surface area contributed by atoms with Gasteiger partial charge in [0.2, 0.25) is 0 Å². The van der Waals surface area contributed by atoms with Crippen LogP contribution < -0.4 is 0 Å². The van der Waals surface area contributed by atoms with Crippen LogP contribution in [0.25, 0.3) is 0 Å². The van der Waals surface area contributed by atoms with Crippen LogP contribution in [0.3, 0.4) is 0 Å². The van der Waals surface area contributed by atoms with Crippen LogP contribution in [0.1, 0.15) is 11.7 Å². The number of nitrogens with zero attached hydrogens (tertiary/aromatic N) is 3. The Morgan fingerprint density at radius 1 is 1.25 bits per heavy atom. The van der Waals surface area contributed by atoms with Gasteiger partial charge in [-0.05, 0) is 17.7 Å². The quantitative estimate of drug-likeness (QED) is 0.884. The van der Waals surface area contributed by atoms with Crippen molar-refractivity contribution in [2.24, 2.45) is 10.1 Å². The first kappa shape index (κ1) is 11.4. The number of hydrogen-bond donors (Lipinski definition) is 1. The molecule has 0 aliphatic carbocycles. The molecule has 0 fully saturated rings. The molecule has 1 aliphatic heterocycles. The topological polar surface area (TPSA) is 48.2 Å². The van der Waals surface area contributed by atoms with Gasteiger partial charge in [0.1, 0.15) is 11.9 Å². The molecule has 2 rings (SSSR count). The number of aliphatic hydroxyl groups is 1. The molecule has 6 heteroatoms. The van der Waals surface area contributed by atoms with E-state index in [1.54, 1.807) is 12.1 Å². The van der Waals surface area contributed by atoms with Crippen molar-refractivity contribution >= 4 is 34.6 Å². The fourth-order valence-corrected chi connectivity index (χ4v) is 1.66. The summed E-state index contributed by atoms with van der Waals surface area (Å²) >= 11 is 11.6. The molecule has 1 heterocycles. The van der Waals surface area contributed by atoms with Crippen LogP contribution in [0.15, 0.2) is 34.4 Å². The molecule has 0 amide bonds. The van der Waals surface area contributed by atoms with Gasteiger partial charge in [-0.15, -0.1) is 0 Å². The molecule has 4 nitrogen and oxygen atoms in total. The normalized spacial score (nSPS) is 19.8. The van der Waals surface area contributed by atoms with E-state index in [1.807, 2.05) is 12.1 Å². The molecule has 0 spiro atoms. The Hall–Kier alpha value is -1.10. The summed E-state index contributed by atoms with van der Waals surface area (Å²) in [6.07, 6.45) is 0.990. The van der Waals surface area contributed by atoms with Gasteiger partial charge in [-0.3, -0.25) is 0 Å². The number of benzene rings is 1. The van der Waals surface area contributed by atoms with Crippen molar-refractivity contribution in [3.8, 4) is 0 Å². The van der Waals surface area contributed by atoms with Gasteiger partial charge in [0.15, 0.2) is 6.17 Å². The fraction of sp³-hybridized carbons (Fsp3) is 0.200. The molecule has 0 saturated heterocycles. The summed E-state index contributed by atoms with van der Waals surface area (Å²) in [4.78, 5) is 4.19. The number of aliphatic hydroxyl groups excluding tert-OH is 1. The predicted molar refractivity (Wildman–Crippen MR) is 64.9 cm³/mol. The molecule has 1 aromatic rings. The van der Waals surface area contributed by atoms with Gasteiger partial charge >= 0.3 is 0 Å². The highest BCUT2D eigenvalue weighted by molar-refractivity contribution is 6.80. The SMILES string of the molecule is OCN1N=CC(Cl)=N[C@H]1c1ccc(Cl)cc1. The van der Waals surface area contributed by atoms with Crippen LogP contribution in [0, 0.1) is 0 Å². The lowest BCUT2D eigenvalue weighted by Gasteiger charge is -2.26. The first-order chi connectivity index (χ1) is 7.70. The van der Waals surface area contributed by atoms with E-state index >= 15 is 0 Å². The minimum atomic E-state index is -0.403. The van der Waals surface area contributed by atoms with Crippen molar-refractivity contribution in [1.82, 2.24) is 5.01 Å². The molecule has 0 bridgehead atoms. The maximum Gasteiger partial charge on any atom is 0.166 e. The molecule has 1 N–H and O–H groups in total. The second-order valence-corrected chi connectivity index (χ2v) is 4.03. The zero-order valence-electron chi connectivity index (χ0n) is 8.22. The summed E-state index contributed by atoms with van der Waals surface area (Å²) in [6.45, 7) is -0.225. The molecule has 16 heavy (non-hydrogen) atoms. The Morgan fingerprint density at radius 2 is 1.94 bits per heavy atom. The number of aliphatic imine (C=N–C) groups is 1. The van der Waals surface area contributed by atoms with Gasteiger partial charge in [-0.1, -0.05) is 35.3 Å². The molecule has 84 valence electrons. The van der Waals surface area contributed by atoms with Crippen LogP contribution >= 0.6 is 23.2 Å². The molecule has 1 atom stereocenters. The lowest BCUT2D eigenvalue weighted by atomic mass is 10.1. The van der Waals surface area contributed by atoms with Crippen LogP contribution in [-0.4, -0.2) is 28.2 Å². The van der Waals surface area contributed by atoms with Crippen molar-refractivity contribution in [1.29, 1.82) is 0 Å². The Kier molecular flexibility index (Phi) is 3.43. The smallest absolute Gasteiger partial charge is 0.166 e. The van der Waals surface area contributed by atoms with Gasteiger partial charge in [0, 0.05) is 5.02 Å². The molecule has 0 saturated carbocycles. The van der Waals surface area contributed by atoms with Crippen molar-refractivity contribution < 1.29 is 5.11 Å². The molecule has 1 aromatic carbocycles. The zero-order valence-corrected chi connectivity index (χ0v) is 9.73. The molecule has 0 aromatic heterocycles. The summed E-state index contributed by atoms with van der Waals surface area (Å²) < 4.78 is 0. The molecular formula is C10H9Cl2N3O. The highest BCUT2D eigenvalue weighted by Gasteiger charge is 2.20. The monoisotopic (exact) mass is 257 g/mol. The second kappa shape index (κ2) is 4.82. The highest BCUT2D eigenvalue weighted by Crippen LogP contribution is 2.25. The third-order valence-corrected chi connectivity index (χ3v) is 2.60. The summed E-state index contributed by atoms with van der Waals surface area (Å²) in [6, 6.07) is 7.16. The molecular weight excluding hydrogens is 249 g/mol. The van der Waals surface area contributed by atoms with E-state index in [2.05, 4.69) is 10.1 Å². The maximum absolute atomic E-state index is 9.14. The minimum absolute atomic E-state index is 0.225. The van der Waals surface area contributed by atoms with Gasteiger partial charge in [0.25, 0.3) is 0 Å². The van der Waals surface area contributed by atoms with Gasteiger partial charge in [-0.2, -0.15) is 5.10 Å². The summed E-state index contributed by atoms with van der Waals surface area (Å²) in [7, 11) is 0. The van der Waals surface area contributed by atoms with Gasteiger partial charge in [-0.25, -0.2) is 10.0 Å². The number of hydrazone groups is 1. The van der Waals surface area contributed by atoms with Crippen LogP contribution in [0.4, 0.5) is 0 Å². The first-order valence-electron chi connectivity index (χ1n) is 4.61. The largest absolute Gasteiger partial charge is 0.375 e. The van der Waals surface area contributed by atoms with E-state index in [-0.39, 0.29) is 6.73 Å². The number of hydrogen-bond acceptors (Lipinski definition) is 4. The second-order valence-electron chi connectivity index (χ2n) is 3.20. The summed E-state index contributed by atoms with van der Waals surface area (Å²) in [5, 5.41) is 15.5. The van der Waals surface area contributed by atoms with Crippen molar-refractivity contribution in [3.05, 3.63) is 34.9 Å². The molecule has 0 radical (unpaired) electrons. The zero-order chi connectivity index (χ0) is 11.5. The highest BCUT2D eigenvalue weighted by atomic mass is 35.5. The molecule has 1 aliphatic rings.